The lowest BCUT2D eigenvalue weighted by Gasteiger charge is -2.08. The Morgan fingerprint density at radius 3 is 2.86 bits per heavy atom. The van der Waals surface area contributed by atoms with Crippen molar-refractivity contribution in [2.45, 2.75) is 20.0 Å². The lowest BCUT2D eigenvalue weighted by molar-refractivity contribution is -0.121. The molecule has 0 bridgehead atoms. The van der Waals surface area contributed by atoms with Gasteiger partial charge in [0.15, 0.2) is 0 Å². The van der Waals surface area contributed by atoms with E-state index in [1.54, 1.807) is 0 Å². The maximum Gasteiger partial charge on any atom is 0.240 e. The number of carbonyl (C=O) groups excluding carboxylic acids is 1. The summed E-state index contributed by atoms with van der Waals surface area (Å²) < 4.78 is 1.92. The van der Waals surface area contributed by atoms with Crippen LogP contribution in [-0.2, 0) is 17.9 Å². The van der Waals surface area contributed by atoms with Crippen LogP contribution < -0.4 is 5.32 Å². The quantitative estimate of drug-likeness (QED) is 0.803. The van der Waals surface area contributed by atoms with Gasteiger partial charge < -0.3 is 9.88 Å². The maximum absolute atomic E-state index is 12.2. The molecule has 1 heterocycles. The molecule has 0 aliphatic carbocycles. The molecule has 0 unspecified atom stereocenters. The second kappa shape index (κ2) is 6.20. The largest absolute Gasteiger partial charge is 0.350 e. The number of aromatic nitrogens is 2. The molecular weight excluding hydrogens is 298 g/mol. The molecule has 0 fully saturated rings. The van der Waals surface area contributed by atoms with Gasteiger partial charge in [-0.25, -0.2) is 4.98 Å². The minimum Gasteiger partial charge on any atom is -0.350 e. The molecule has 0 saturated carbocycles. The number of hydrogen-bond acceptors (Lipinski definition) is 2. The van der Waals surface area contributed by atoms with E-state index in [2.05, 4.69) is 10.3 Å². The summed E-state index contributed by atoms with van der Waals surface area (Å²) in [6.45, 7) is 2.63. The van der Waals surface area contributed by atoms with Gasteiger partial charge in [0.05, 0.1) is 11.0 Å². The number of nitrogens with zero attached hydrogens (tertiary/aromatic N) is 2. The standard InChI is InChI=1S/C17H16ClN3O/c1-12-20-15-7-2-3-8-16(15)21(12)11-17(22)19-10-13-5-4-6-14(18)9-13/h2-9H,10-11H2,1H3,(H,19,22). The summed E-state index contributed by atoms with van der Waals surface area (Å²) in [5, 5.41) is 3.58. The molecule has 5 heteroatoms. The van der Waals surface area contributed by atoms with Crippen LogP contribution in [0.3, 0.4) is 0 Å². The van der Waals surface area contributed by atoms with Gasteiger partial charge in [0.25, 0.3) is 0 Å². The average molecular weight is 314 g/mol. The van der Waals surface area contributed by atoms with Crippen LogP contribution in [-0.4, -0.2) is 15.5 Å². The summed E-state index contributed by atoms with van der Waals surface area (Å²) in [7, 11) is 0. The Hall–Kier alpha value is -2.33. The maximum atomic E-state index is 12.2. The first-order chi connectivity index (χ1) is 10.6. The molecule has 112 valence electrons. The van der Waals surface area contributed by atoms with Crippen LogP contribution in [0, 0.1) is 6.92 Å². The van der Waals surface area contributed by atoms with E-state index in [4.69, 9.17) is 11.6 Å². The Kier molecular flexibility index (Phi) is 4.11. The number of benzene rings is 2. The number of rotatable bonds is 4. The van der Waals surface area contributed by atoms with Crippen LogP contribution in [0.1, 0.15) is 11.4 Å². The Labute approximate surface area is 133 Å². The Balaban J connectivity index is 1.70. The molecule has 0 aliphatic rings. The summed E-state index contributed by atoms with van der Waals surface area (Å²) in [5.74, 6) is 0.783. The van der Waals surface area contributed by atoms with Crippen molar-refractivity contribution in [2.75, 3.05) is 0 Å². The van der Waals surface area contributed by atoms with E-state index < -0.39 is 0 Å². The minimum atomic E-state index is -0.0498. The molecule has 0 aliphatic heterocycles. The summed E-state index contributed by atoms with van der Waals surface area (Å²) in [4.78, 5) is 16.6. The molecule has 1 aromatic heterocycles. The minimum absolute atomic E-state index is 0.0498. The van der Waals surface area contributed by atoms with E-state index in [1.807, 2.05) is 60.0 Å². The van der Waals surface area contributed by atoms with Crippen LogP contribution in [0.2, 0.25) is 5.02 Å². The number of fused-ring (bicyclic) bond motifs is 1. The number of hydrogen-bond donors (Lipinski definition) is 1. The van der Waals surface area contributed by atoms with E-state index >= 15 is 0 Å². The molecule has 0 saturated heterocycles. The predicted molar refractivity (Wildman–Crippen MR) is 87.8 cm³/mol. The van der Waals surface area contributed by atoms with Crippen LogP contribution in [0.15, 0.2) is 48.5 Å². The fraction of sp³-hybridized carbons (Fsp3) is 0.176. The van der Waals surface area contributed by atoms with Gasteiger partial charge in [0, 0.05) is 11.6 Å². The smallest absolute Gasteiger partial charge is 0.240 e. The number of para-hydroxylation sites is 2. The van der Waals surface area contributed by atoms with Crippen LogP contribution in [0.5, 0.6) is 0 Å². The SMILES string of the molecule is Cc1nc2ccccc2n1CC(=O)NCc1cccc(Cl)c1. The van der Waals surface area contributed by atoms with Gasteiger partial charge in [0.1, 0.15) is 12.4 Å². The average Bonchev–Trinajstić information content (AvgIpc) is 2.81. The first-order valence-corrected chi connectivity index (χ1v) is 7.44. The van der Waals surface area contributed by atoms with E-state index in [-0.39, 0.29) is 12.5 Å². The first kappa shape index (κ1) is 14.6. The summed E-state index contributed by atoms with van der Waals surface area (Å²) in [5.41, 5.74) is 2.86. The van der Waals surface area contributed by atoms with Crippen molar-refractivity contribution in [1.82, 2.24) is 14.9 Å². The lowest BCUT2D eigenvalue weighted by Crippen LogP contribution is -2.27. The molecule has 3 aromatic rings. The van der Waals surface area contributed by atoms with E-state index in [0.29, 0.717) is 11.6 Å². The van der Waals surface area contributed by atoms with Gasteiger partial charge in [-0.2, -0.15) is 0 Å². The molecule has 4 nitrogen and oxygen atoms in total. The van der Waals surface area contributed by atoms with Crippen molar-refractivity contribution in [3.8, 4) is 0 Å². The molecule has 22 heavy (non-hydrogen) atoms. The molecule has 3 rings (SSSR count). The van der Waals surface area contributed by atoms with Crippen molar-refractivity contribution in [3.63, 3.8) is 0 Å². The number of halogens is 1. The van der Waals surface area contributed by atoms with Gasteiger partial charge in [-0.3, -0.25) is 4.79 Å². The van der Waals surface area contributed by atoms with Crippen molar-refractivity contribution in [1.29, 1.82) is 0 Å². The van der Waals surface area contributed by atoms with Crippen LogP contribution in [0.25, 0.3) is 11.0 Å². The van der Waals surface area contributed by atoms with Crippen molar-refractivity contribution >= 4 is 28.5 Å². The normalized spacial score (nSPS) is 10.8. The van der Waals surface area contributed by atoms with Gasteiger partial charge >= 0.3 is 0 Å². The predicted octanol–water partition coefficient (Wildman–Crippen LogP) is 3.31. The zero-order valence-corrected chi connectivity index (χ0v) is 13.0. The van der Waals surface area contributed by atoms with Gasteiger partial charge in [0.2, 0.25) is 5.91 Å². The Bertz CT molecular complexity index is 826. The molecule has 2 aromatic carbocycles. The second-order valence-corrected chi connectivity index (χ2v) is 5.58. The third kappa shape index (κ3) is 3.12. The third-order valence-electron chi connectivity index (χ3n) is 3.53. The van der Waals surface area contributed by atoms with Crippen molar-refractivity contribution in [3.05, 3.63) is 64.9 Å². The van der Waals surface area contributed by atoms with Gasteiger partial charge in [-0.05, 0) is 36.8 Å². The van der Waals surface area contributed by atoms with Crippen molar-refractivity contribution < 1.29 is 4.79 Å². The zero-order valence-electron chi connectivity index (χ0n) is 12.2. The van der Waals surface area contributed by atoms with E-state index in [9.17, 15) is 4.79 Å². The highest BCUT2D eigenvalue weighted by molar-refractivity contribution is 6.30. The van der Waals surface area contributed by atoms with Gasteiger partial charge in [-0.15, -0.1) is 0 Å². The molecule has 1 amide bonds. The molecule has 0 spiro atoms. The van der Waals surface area contributed by atoms with E-state index in [0.717, 1.165) is 22.4 Å². The van der Waals surface area contributed by atoms with Crippen LogP contribution in [0.4, 0.5) is 0 Å². The first-order valence-electron chi connectivity index (χ1n) is 7.06. The summed E-state index contributed by atoms with van der Waals surface area (Å²) in [6.07, 6.45) is 0. The molecule has 1 N–H and O–H groups in total. The third-order valence-corrected chi connectivity index (χ3v) is 3.76. The second-order valence-electron chi connectivity index (χ2n) is 5.14. The number of aryl methyl sites for hydroxylation is 1. The van der Waals surface area contributed by atoms with Crippen LogP contribution >= 0.6 is 11.6 Å². The monoisotopic (exact) mass is 313 g/mol. The van der Waals surface area contributed by atoms with Crippen molar-refractivity contribution in [2.24, 2.45) is 0 Å². The lowest BCUT2D eigenvalue weighted by atomic mass is 10.2. The number of imidazole rings is 1. The molecule has 0 atom stereocenters. The number of amides is 1. The Morgan fingerprint density at radius 1 is 1.23 bits per heavy atom. The molecule has 0 radical (unpaired) electrons. The number of nitrogens with one attached hydrogen (secondary N) is 1. The Morgan fingerprint density at radius 2 is 2.05 bits per heavy atom. The number of carbonyl (C=O) groups is 1. The van der Waals surface area contributed by atoms with E-state index in [1.165, 1.54) is 0 Å². The highest BCUT2D eigenvalue weighted by Gasteiger charge is 2.10. The highest BCUT2D eigenvalue weighted by Crippen LogP contribution is 2.15. The zero-order chi connectivity index (χ0) is 15.5. The molecular formula is C17H16ClN3O. The topological polar surface area (TPSA) is 46.9 Å². The summed E-state index contributed by atoms with van der Waals surface area (Å²) >= 11 is 5.94. The van der Waals surface area contributed by atoms with Gasteiger partial charge in [-0.1, -0.05) is 35.9 Å². The fourth-order valence-corrected chi connectivity index (χ4v) is 2.66. The fourth-order valence-electron chi connectivity index (χ4n) is 2.44. The summed E-state index contributed by atoms with van der Waals surface area (Å²) in [6, 6.07) is 15.3. The highest BCUT2D eigenvalue weighted by atomic mass is 35.5.